The minimum absolute atomic E-state index is 0.163. The zero-order valence-corrected chi connectivity index (χ0v) is 18.7. The highest BCUT2D eigenvalue weighted by molar-refractivity contribution is 5.71. The maximum Gasteiger partial charge on any atom is 0.344 e. The van der Waals surface area contributed by atoms with Gasteiger partial charge in [-0.2, -0.15) is 0 Å². The van der Waals surface area contributed by atoms with Gasteiger partial charge in [0.05, 0.1) is 18.3 Å². The van der Waals surface area contributed by atoms with Crippen LogP contribution in [0.3, 0.4) is 0 Å². The predicted octanol–water partition coefficient (Wildman–Crippen LogP) is 1.36. The molecule has 0 radical (unpaired) electrons. The first-order valence-corrected chi connectivity index (χ1v) is 10.9. The molecule has 33 heavy (non-hydrogen) atoms. The Morgan fingerprint density at radius 2 is 2.21 bits per heavy atom. The van der Waals surface area contributed by atoms with Gasteiger partial charge in [0.2, 0.25) is 0 Å². The lowest BCUT2D eigenvalue weighted by atomic mass is 10.1. The van der Waals surface area contributed by atoms with Crippen LogP contribution in [0.15, 0.2) is 41.5 Å². The molecule has 3 heterocycles. The summed E-state index contributed by atoms with van der Waals surface area (Å²) in [5.74, 6) is 1.81. The fourth-order valence-electron chi connectivity index (χ4n) is 3.59. The number of aliphatic hydroxyl groups excluding tert-OH is 1. The second-order valence-corrected chi connectivity index (χ2v) is 7.93. The number of hydrogen-bond acceptors (Lipinski definition) is 9. The Balaban J connectivity index is 1.69. The van der Waals surface area contributed by atoms with Crippen molar-refractivity contribution in [2.24, 2.45) is 0 Å². The van der Waals surface area contributed by atoms with E-state index in [1.807, 2.05) is 31.2 Å². The van der Waals surface area contributed by atoms with Gasteiger partial charge in [0.15, 0.2) is 5.82 Å². The Bertz CT molecular complexity index is 1130. The minimum Gasteiger partial charge on any atom is -0.491 e. The molecule has 0 saturated carbocycles. The fraction of sp³-hybridized carbons (Fsp3) is 0.391. The lowest BCUT2D eigenvalue weighted by Crippen LogP contribution is -2.29. The second-order valence-electron chi connectivity index (χ2n) is 7.93. The Morgan fingerprint density at radius 3 is 2.94 bits per heavy atom. The normalized spacial score (nSPS) is 16.5. The molecule has 4 rings (SSSR count). The number of aromatic amines is 1. The van der Waals surface area contributed by atoms with E-state index in [0.717, 1.165) is 17.5 Å². The fourth-order valence-corrected chi connectivity index (χ4v) is 3.59. The van der Waals surface area contributed by atoms with E-state index in [4.69, 9.17) is 19.4 Å². The van der Waals surface area contributed by atoms with Crippen LogP contribution in [-0.4, -0.2) is 70.6 Å². The van der Waals surface area contributed by atoms with Crippen molar-refractivity contribution >= 4 is 5.82 Å². The van der Waals surface area contributed by atoms with Gasteiger partial charge < -0.3 is 30.2 Å². The highest BCUT2D eigenvalue weighted by atomic mass is 16.5. The van der Waals surface area contributed by atoms with Crippen LogP contribution < -0.4 is 21.1 Å². The predicted molar refractivity (Wildman–Crippen MR) is 124 cm³/mol. The smallest absolute Gasteiger partial charge is 0.344 e. The first-order chi connectivity index (χ1) is 16.0. The van der Waals surface area contributed by atoms with Gasteiger partial charge in [0.1, 0.15) is 24.3 Å². The Hall–Kier alpha value is -3.34. The molecule has 4 N–H and O–H groups in total. The molecular weight excluding hydrogens is 424 g/mol. The lowest BCUT2D eigenvalue weighted by Gasteiger charge is -2.17. The highest BCUT2D eigenvalue weighted by Crippen LogP contribution is 2.30. The van der Waals surface area contributed by atoms with Crippen LogP contribution in [0.2, 0.25) is 0 Å². The van der Waals surface area contributed by atoms with Gasteiger partial charge in [-0.25, -0.2) is 19.7 Å². The molecule has 0 spiro atoms. The summed E-state index contributed by atoms with van der Waals surface area (Å²) in [5.41, 5.74) is 2.55. The number of nitrogens with zero attached hydrogens (tertiary/aromatic N) is 3. The average Bonchev–Trinajstić information content (AvgIpc) is 3.33. The number of nitrogens with one attached hydrogen (secondary N) is 3. The summed E-state index contributed by atoms with van der Waals surface area (Å²) in [6.07, 6.45) is 3.38. The van der Waals surface area contributed by atoms with Crippen molar-refractivity contribution in [3.8, 4) is 28.4 Å². The van der Waals surface area contributed by atoms with Crippen molar-refractivity contribution in [3.63, 3.8) is 0 Å². The van der Waals surface area contributed by atoms with Crippen LogP contribution in [0, 0.1) is 6.92 Å². The maximum atomic E-state index is 11.5. The summed E-state index contributed by atoms with van der Waals surface area (Å²) < 4.78 is 11.2. The molecule has 1 aliphatic rings. The van der Waals surface area contributed by atoms with Gasteiger partial charge >= 0.3 is 5.69 Å². The van der Waals surface area contributed by atoms with E-state index < -0.39 is 11.8 Å². The zero-order valence-electron chi connectivity index (χ0n) is 18.7. The molecule has 2 atom stereocenters. The molecule has 1 unspecified atom stereocenters. The van der Waals surface area contributed by atoms with Crippen molar-refractivity contribution in [1.82, 2.24) is 25.3 Å². The van der Waals surface area contributed by atoms with Gasteiger partial charge in [-0.1, -0.05) is 12.1 Å². The first-order valence-electron chi connectivity index (χ1n) is 10.9. The Kier molecular flexibility index (Phi) is 7.28. The van der Waals surface area contributed by atoms with Crippen LogP contribution in [0.25, 0.3) is 22.6 Å². The van der Waals surface area contributed by atoms with Gasteiger partial charge in [0, 0.05) is 42.2 Å². The molecule has 10 heteroatoms. The van der Waals surface area contributed by atoms with Crippen molar-refractivity contribution < 1.29 is 14.6 Å². The number of rotatable bonds is 9. The topological polar surface area (TPSA) is 134 Å². The standard InChI is InChI=1S/C23H28N6O4/c1-14-20(16-9-25-23(31)26-10-16)28-22(29-21(14)27-17-6-7-32-12-17)15-4-3-5-19(8-15)33-13-18(30)11-24-2/h3-5,8-10,17-18,24,30H,6-7,11-13H2,1-2H3,(H,25,26,31)(H,27,28,29)/t17-,18?/m1/s1. The molecule has 1 aliphatic heterocycles. The summed E-state index contributed by atoms with van der Waals surface area (Å²) in [7, 11) is 1.78. The van der Waals surface area contributed by atoms with Crippen LogP contribution >= 0.6 is 0 Å². The molecular formula is C23H28N6O4. The summed E-state index contributed by atoms with van der Waals surface area (Å²) in [4.78, 5) is 27.5. The van der Waals surface area contributed by atoms with Crippen LogP contribution in [-0.2, 0) is 4.74 Å². The summed E-state index contributed by atoms with van der Waals surface area (Å²) in [6, 6.07) is 7.59. The van der Waals surface area contributed by atoms with E-state index in [-0.39, 0.29) is 12.6 Å². The number of aliphatic hydroxyl groups is 1. The molecule has 0 aliphatic carbocycles. The molecule has 174 valence electrons. The van der Waals surface area contributed by atoms with E-state index in [0.29, 0.717) is 48.4 Å². The first kappa shape index (κ1) is 22.8. The third-order valence-corrected chi connectivity index (χ3v) is 5.34. The van der Waals surface area contributed by atoms with Crippen molar-refractivity contribution in [2.45, 2.75) is 25.5 Å². The van der Waals surface area contributed by atoms with Crippen molar-refractivity contribution in [3.05, 3.63) is 52.7 Å². The second kappa shape index (κ2) is 10.5. The van der Waals surface area contributed by atoms with E-state index in [1.165, 1.54) is 6.20 Å². The average molecular weight is 453 g/mol. The number of likely N-dealkylation sites (N-methyl/N-ethyl adjacent to an activating group) is 1. The minimum atomic E-state index is -0.613. The van der Waals surface area contributed by atoms with Gasteiger partial charge in [-0.05, 0) is 32.5 Å². The van der Waals surface area contributed by atoms with Crippen LogP contribution in [0.4, 0.5) is 5.82 Å². The molecule has 2 aromatic heterocycles. The number of aromatic nitrogens is 4. The van der Waals surface area contributed by atoms with Gasteiger partial charge in [0.25, 0.3) is 0 Å². The van der Waals surface area contributed by atoms with Crippen molar-refractivity contribution in [2.75, 3.05) is 38.7 Å². The summed E-state index contributed by atoms with van der Waals surface area (Å²) >= 11 is 0. The SMILES string of the molecule is CNCC(O)COc1cccc(-c2nc(N[C@@H]3CCOC3)c(C)c(-c3cnc(=O)[nH]c3)n2)c1. The van der Waals surface area contributed by atoms with Crippen LogP contribution in [0.5, 0.6) is 5.75 Å². The molecule has 3 aromatic rings. The highest BCUT2D eigenvalue weighted by Gasteiger charge is 2.20. The summed E-state index contributed by atoms with van der Waals surface area (Å²) in [6.45, 7) is 3.88. The number of H-pyrrole nitrogens is 1. The summed E-state index contributed by atoms with van der Waals surface area (Å²) in [5, 5.41) is 16.3. The number of hydrogen-bond donors (Lipinski definition) is 4. The monoisotopic (exact) mass is 452 g/mol. The lowest BCUT2D eigenvalue weighted by molar-refractivity contribution is 0.108. The Morgan fingerprint density at radius 1 is 1.33 bits per heavy atom. The van der Waals surface area contributed by atoms with Gasteiger partial charge in [-0.3, -0.25) is 0 Å². The number of ether oxygens (including phenoxy) is 2. The number of anilines is 1. The third-order valence-electron chi connectivity index (χ3n) is 5.34. The van der Waals surface area contributed by atoms with Gasteiger partial charge in [-0.15, -0.1) is 0 Å². The molecule has 1 saturated heterocycles. The van der Waals surface area contributed by atoms with E-state index in [1.54, 1.807) is 13.2 Å². The third kappa shape index (κ3) is 5.72. The molecule has 1 fully saturated rings. The van der Waals surface area contributed by atoms with Crippen LogP contribution in [0.1, 0.15) is 12.0 Å². The van der Waals surface area contributed by atoms with Crippen molar-refractivity contribution in [1.29, 1.82) is 0 Å². The number of benzene rings is 1. The molecule has 10 nitrogen and oxygen atoms in total. The quantitative estimate of drug-likeness (QED) is 0.380. The maximum absolute atomic E-state index is 11.5. The van der Waals surface area contributed by atoms with E-state index in [2.05, 4.69) is 20.6 Å². The molecule has 0 amide bonds. The van der Waals surface area contributed by atoms with E-state index >= 15 is 0 Å². The van der Waals surface area contributed by atoms with E-state index in [9.17, 15) is 9.90 Å². The molecule has 1 aromatic carbocycles. The zero-order chi connectivity index (χ0) is 23.2. The molecule has 0 bridgehead atoms. The Labute approximate surface area is 191 Å². The largest absolute Gasteiger partial charge is 0.491 e.